The molecule has 3 atom stereocenters. The molecular weight excluding hydrogens is 158 g/mol. The van der Waals surface area contributed by atoms with Crippen molar-refractivity contribution < 1.29 is 14.6 Å². The lowest BCUT2D eigenvalue weighted by molar-refractivity contribution is -0.139. The van der Waals surface area contributed by atoms with E-state index in [4.69, 9.17) is 9.84 Å². The molecule has 0 aromatic heterocycles. The minimum atomic E-state index is -0.811. The first-order valence-corrected chi connectivity index (χ1v) is 4.21. The summed E-state index contributed by atoms with van der Waals surface area (Å²) in [5.41, 5.74) is 0. The normalized spacial score (nSPS) is 31.8. The first-order valence-electron chi connectivity index (χ1n) is 4.21. The maximum atomic E-state index is 10.5. The van der Waals surface area contributed by atoms with E-state index in [1.807, 2.05) is 6.92 Å². The minimum Gasteiger partial charge on any atom is -0.480 e. The fourth-order valence-electron chi connectivity index (χ4n) is 1.34. The molecule has 1 heterocycles. The quantitative estimate of drug-likeness (QED) is 0.641. The number of carbonyl (C=O) groups is 1. The Morgan fingerprint density at radius 2 is 2.42 bits per heavy atom. The number of carboxylic acid groups (broad SMARTS) is 1. The second kappa shape index (κ2) is 3.87. The van der Waals surface area contributed by atoms with Gasteiger partial charge in [-0.15, -0.1) is 0 Å². The predicted octanol–water partition coefficient (Wildman–Crippen LogP) is 0.226. The highest BCUT2D eigenvalue weighted by Crippen LogP contribution is 2.12. The van der Waals surface area contributed by atoms with Crippen molar-refractivity contribution >= 4 is 5.97 Å². The van der Waals surface area contributed by atoms with Gasteiger partial charge in [0.1, 0.15) is 6.04 Å². The summed E-state index contributed by atoms with van der Waals surface area (Å²) in [5, 5.41) is 11.6. The van der Waals surface area contributed by atoms with E-state index in [0.29, 0.717) is 0 Å². The molecule has 0 amide bonds. The van der Waals surface area contributed by atoms with E-state index in [9.17, 15) is 4.79 Å². The largest absolute Gasteiger partial charge is 0.480 e. The summed E-state index contributed by atoms with van der Waals surface area (Å²) in [6, 6.07) is -0.296. The van der Waals surface area contributed by atoms with Gasteiger partial charge in [0, 0.05) is 12.6 Å². The second-order valence-corrected chi connectivity index (χ2v) is 3.20. The molecule has 1 aliphatic rings. The number of ether oxygens (including phenoxy) is 1. The molecule has 0 radical (unpaired) electrons. The molecule has 1 rings (SSSR count). The molecule has 0 aliphatic carbocycles. The second-order valence-electron chi connectivity index (χ2n) is 3.20. The Morgan fingerprint density at radius 3 is 2.83 bits per heavy atom. The van der Waals surface area contributed by atoms with Crippen molar-refractivity contribution in [2.75, 3.05) is 6.61 Å². The van der Waals surface area contributed by atoms with E-state index in [-0.39, 0.29) is 12.1 Å². The zero-order chi connectivity index (χ0) is 9.14. The Labute approximate surface area is 71.9 Å². The lowest BCUT2D eigenvalue weighted by atomic mass is 10.1. The Bertz CT molecular complexity index is 172. The van der Waals surface area contributed by atoms with Crippen molar-refractivity contribution in [2.24, 2.45) is 0 Å². The molecule has 0 saturated carbocycles. The standard InChI is InChI=1S/C8H15NO3/c1-5(8(10)11)9-7-3-4-12-6(7)2/h5-7,9H,3-4H2,1-2H3,(H,10,11). The molecule has 70 valence electrons. The Kier molecular flexibility index (Phi) is 3.05. The SMILES string of the molecule is CC(NC1CCOC1C)C(=O)O. The van der Waals surface area contributed by atoms with E-state index in [2.05, 4.69) is 5.32 Å². The van der Waals surface area contributed by atoms with E-state index < -0.39 is 12.0 Å². The average molecular weight is 173 g/mol. The summed E-state index contributed by atoms with van der Waals surface area (Å²) in [4.78, 5) is 10.5. The van der Waals surface area contributed by atoms with E-state index in [1.54, 1.807) is 6.92 Å². The molecule has 4 nitrogen and oxygen atoms in total. The van der Waals surface area contributed by atoms with Gasteiger partial charge in [-0.1, -0.05) is 0 Å². The van der Waals surface area contributed by atoms with Crippen LogP contribution in [0.25, 0.3) is 0 Å². The van der Waals surface area contributed by atoms with Gasteiger partial charge in [0.05, 0.1) is 6.10 Å². The van der Waals surface area contributed by atoms with Gasteiger partial charge in [0.2, 0.25) is 0 Å². The molecular formula is C8H15NO3. The van der Waals surface area contributed by atoms with Crippen LogP contribution < -0.4 is 5.32 Å². The smallest absolute Gasteiger partial charge is 0.320 e. The zero-order valence-corrected chi connectivity index (χ0v) is 7.41. The number of nitrogens with one attached hydrogen (secondary N) is 1. The Morgan fingerprint density at radius 1 is 1.75 bits per heavy atom. The van der Waals surface area contributed by atoms with E-state index >= 15 is 0 Å². The molecule has 0 bridgehead atoms. The summed E-state index contributed by atoms with van der Waals surface area (Å²) < 4.78 is 5.29. The zero-order valence-electron chi connectivity index (χ0n) is 7.41. The van der Waals surface area contributed by atoms with Gasteiger partial charge in [-0.25, -0.2) is 0 Å². The number of hydrogen-bond acceptors (Lipinski definition) is 3. The van der Waals surface area contributed by atoms with E-state index in [0.717, 1.165) is 13.0 Å². The molecule has 0 spiro atoms. The Hall–Kier alpha value is -0.610. The summed E-state index contributed by atoms with van der Waals surface area (Å²) in [5.74, 6) is -0.811. The van der Waals surface area contributed by atoms with Crippen LogP contribution in [0.3, 0.4) is 0 Å². The van der Waals surface area contributed by atoms with Gasteiger partial charge in [0.15, 0.2) is 0 Å². The monoisotopic (exact) mass is 173 g/mol. The topological polar surface area (TPSA) is 58.6 Å². The maximum absolute atomic E-state index is 10.5. The van der Waals surface area contributed by atoms with Gasteiger partial charge < -0.3 is 9.84 Å². The van der Waals surface area contributed by atoms with Crippen LogP contribution in [0.4, 0.5) is 0 Å². The predicted molar refractivity (Wildman–Crippen MR) is 44.1 cm³/mol. The molecule has 1 saturated heterocycles. The van der Waals surface area contributed by atoms with Crippen molar-refractivity contribution in [1.29, 1.82) is 0 Å². The molecule has 1 fully saturated rings. The van der Waals surface area contributed by atoms with Crippen LogP contribution in [0.1, 0.15) is 20.3 Å². The molecule has 12 heavy (non-hydrogen) atoms. The lowest BCUT2D eigenvalue weighted by Gasteiger charge is -2.18. The molecule has 2 N–H and O–H groups in total. The molecule has 1 aliphatic heterocycles. The third-order valence-corrected chi connectivity index (χ3v) is 2.21. The highest BCUT2D eigenvalue weighted by Gasteiger charge is 2.26. The van der Waals surface area contributed by atoms with Crippen molar-refractivity contribution in [1.82, 2.24) is 5.32 Å². The van der Waals surface area contributed by atoms with Gasteiger partial charge in [-0.3, -0.25) is 10.1 Å². The van der Waals surface area contributed by atoms with Gasteiger partial charge in [-0.05, 0) is 20.3 Å². The van der Waals surface area contributed by atoms with Gasteiger partial charge >= 0.3 is 5.97 Å². The van der Waals surface area contributed by atoms with Crippen LogP contribution in [-0.2, 0) is 9.53 Å². The highest BCUT2D eigenvalue weighted by atomic mass is 16.5. The fraction of sp³-hybridized carbons (Fsp3) is 0.875. The molecule has 3 unspecified atom stereocenters. The lowest BCUT2D eigenvalue weighted by Crippen LogP contribution is -2.44. The van der Waals surface area contributed by atoms with Crippen LogP contribution >= 0.6 is 0 Å². The third kappa shape index (κ3) is 2.19. The van der Waals surface area contributed by atoms with E-state index in [1.165, 1.54) is 0 Å². The van der Waals surface area contributed by atoms with Crippen molar-refractivity contribution in [3.05, 3.63) is 0 Å². The maximum Gasteiger partial charge on any atom is 0.320 e. The summed E-state index contributed by atoms with van der Waals surface area (Å²) in [6.07, 6.45) is 1.03. The Balaban J connectivity index is 2.35. The number of carboxylic acids is 1. The van der Waals surface area contributed by atoms with Crippen LogP contribution in [0.15, 0.2) is 0 Å². The number of rotatable bonds is 3. The van der Waals surface area contributed by atoms with Crippen LogP contribution in [-0.4, -0.2) is 35.9 Å². The van der Waals surface area contributed by atoms with Crippen molar-refractivity contribution in [3.8, 4) is 0 Å². The summed E-state index contributed by atoms with van der Waals surface area (Å²) >= 11 is 0. The number of hydrogen-bond donors (Lipinski definition) is 2. The minimum absolute atomic E-state index is 0.131. The summed E-state index contributed by atoms with van der Waals surface area (Å²) in [7, 11) is 0. The third-order valence-electron chi connectivity index (χ3n) is 2.21. The first kappa shape index (κ1) is 9.48. The average Bonchev–Trinajstić information content (AvgIpc) is 2.36. The molecule has 0 aromatic carbocycles. The van der Waals surface area contributed by atoms with Crippen molar-refractivity contribution in [2.45, 2.75) is 38.5 Å². The number of aliphatic carboxylic acids is 1. The molecule has 4 heteroatoms. The van der Waals surface area contributed by atoms with Gasteiger partial charge in [0.25, 0.3) is 0 Å². The highest BCUT2D eigenvalue weighted by molar-refractivity contribution is 5.72. The first-order chi connectivity index (χ1) is 5.61. The molecule has 0 aromatic rings. The van der Waals surface area contributed by atoms with Gasteiger partial charge in [-0.2, -0.15) is 0 Å². The van der Waals surface area contributed by atoms with Crippen molar-refractivity contribution in [3.63, 3.8) is 0 Å². The van der Waals surface area contributed by atoms with Crippen LogP contribution in [0.2, 0.25) is 0 Å². The van der Waals surface area contributed by atoms with Crippen LogP contribution in [0, 0.1) is 0 Å². The fourth-order valence-corrected chi connectivity index (χ4v) is 1.34. The van der Waals surface area contributed by atoms with Crippen LogP contribution in [0.5, 0.6) is 0 Å². The summed E-state index contributed by atoms with van der Waals surface area (Å²) in [6.45, 7) is 4.33.